The second-order valence-electron chi connectivity index (χ2n) is 5.51. The molecule has 1 heterocycles. The Bertz CT molecular complexity index is 405. The molecule has 3 rings (SSSR count). The molecule has 1 saturated carbocycles. The summed E-state index contributed by atoms with van der Waals surface area (Å²) >= 11 is 6.05. The normalized spacial score (nSPS) is 28.3. The number of benzene rings is 1. The van der Waals surface area contributed by atoms with Gasteiger partial charge in [0, 0.05) is 29.6 Å². The Hall–Kier alpha value is -0.570. The maximum Gasteiger partial charge on any atom is 0.0512 e. The van der Waals surface area contributed by atoms with Crippen LogP contribution >= 0.6 is 11.6 Å². The summed E-state index contributed by atoms with van der Waals surface area (Å²) in [6.07, 6.45) is 4.90. The molecule has 18 heavy (non-hydrogen) atoms. The van der Waals surface area contributed by atoms with Crippen LogP contribution < -0.4 is 5.32 Å². The van der Waals surface area contributed by atoms with Crippen LogP contribution in [0.2, 0.25) is 5.02 Å². The highest BCUT2D eigenvalue weighted by atomic mass is 35.5. The summed E-state index contributed by atoms with van der Waals surface area (Å²) in [5.41, 5.74) is 1.32. The molecule has 0 bridgehead atoms. The molecule has 2 fully saturated rings. The average Bonchev–Trinajstić information content (AvgIpc) is 3.16. The number of nitrogens with one attached hydrogen (secondary N) is 1. The predicted molar refractivity (Wildman–Crippen MR) is 74.0 cm³/mol. The summed E-state index contributed by atoms with van der Waals surface area (Å²) in [7, 11) is 0. The van der Waals surface area contributed by atoms with Crippen molar-refractivity contribution in [3.05, 3.63) is 34.9 Å². The van der Waals surface area contributed by atoms with Crippen molar-refractivity contribution in [3.8, 4) is 0 Å². The Morgan fingerprint density at radius 2 is 2.17 bits per heavy atom. The van der Waals surface area contributed by atoms with Crippen molar-refractivity contribution in [2.45, 2.75) is 37.8 Å². The quantitative estimate of drug-likeness (QED) is 0.904. The van der Waals surface area contributed by atoms with E-state index in [2.05, 4.69) is 17.4 Å². The molecule has 0 radical (unpaired) electrons. The Labute approximate surface area is 114 Å². The Morgan fingerprint density at radius 1 is 1.28 bits per heavy atom. The van der Waals surface area contributed by atoms with E-state index < -0.39 is 0 Å². The lowest BCUT2D eigenvalue weighted by Crippen LogP contribution is -2.44. The highest BCUT2D eigenvalue weighted by Crippen LogP contribution is 2.26. The molecule has 1 N–H and O–H groups in total. The largest absolute Gasteiger partial charge is 0.381 e. The van der Waals surface area contributed by atoms with Gasteiger partial charge in [0.1, 0.15) is 0 Å². The molecule has 2 aliphatic rings. The van der Waals surface area contributed by atoms with Crippen molar-refractivity contribution in [1.82, 2.24) is 5.32 Å². The molecule has 1 aliphatic heterocycles. The van der Waals surface area contributed by atoms with Gasteiger partial charge >= 0.3 is 0 Å². The van der Waals surface area contributed by atoms with Crippen LogP contribution in [0.15, 0.2) is 24.3 Å². The fraction of sp³-hybridized carbons (Fsp3) is 0.600. The molecule has 0 spiro atoms. The van der Waals surface area contributed by atoms with E-state index >= 15 is 0 Å². The molecule has 0 amide bonds. The SMILES string of the molecule is Clc1cccc(C[C@H]2COCC[C@H]2NC2CC2)c1. The molecule has 98 valence electrons. The van der Waals surface area contributed by atoms with Gasteiger partial charge in [-0.1, -0.05) is 23.7 Å². The number of ether oxygens (including phenoxy) is 1. The van der Waals surface area contributed by atoms with E-state index in [1.165, 1.54) is 18.4 Å². The van der Waals surface area contributed by atoms with Crippen molar-refractivity contribution in [1.29, 1.82) is 0 Å². The van der Waals surface area contributed by atoms with Crippen LogP contribution in [0.5, 0.6) is 0 Å². The van der Waals surface area contributed by atoms with Crippen LogP contribution in [-0.4, -0.2) is 25.3 Å². The van der Waals surface area contributed by atoms with Crippen LogP contribution in [0.4, 0.5) is 0 Å². The van der Waals surface area contributed by atoms with Gasteiger partial charge < -0.3 is 10.1 Å². The fourth-order valence-corrected chi connectivity index (χ4v) is 2.95. The lowest BCUT2D eigenvalue weighted by atomic mass is 9.89. The lowest BCUT2D eigenvalue weighted by Gasteiger charge is -2.32. The minimum atomic E-state index is 0.581. The van der Waals surface area contributed by atoms with Gasteiger partial charge in [-0.2, -0.15) is 0 Å². The smallest absolute Gasteiger partial charge is 0.0512 e. The summed E-state index contributed by atoms with van der Waals surface area (Å²) in [6.45, 7) is 1.77. The van der Waals surface area contributed by atoms with Gasteiger partial charge in [0.25, 0.3) is 0 Å². The van der Waals surface area contributed by atoms with Crippen molar-refractivity contribution < 1.29 is 4.74 Å². The maximum atomic E-state index is 6.05. The van der Waals surface area contributed by atoms with Gasteiger partial charge in [-0.25, -0.2) is 0 Å². The summed E-state index contributed by atoms with van der Waals surface area (Å²) in [5, 5.41) is 4.59. The Balaban J connectivity index is 1.64. The molecule has 0 aromatic heterocycles. The van der Waals surface area contributed by atoms with Crippen LogP contribution in [0.25, 0.3) is 0 Å². The molecule has 1 saturated heterocycles. The first kappa shape index (κ1) is 12.5. The van der Waals surface area contributed by atoms with Crippen molar-refractivity contribution >= 4 is 11.6 Å². The average molecular weight is 266 g/mol. The van der Waals surface area contributed by atoms with Gasteiger partial charge in [-0.15, -0.1) is 0 Å². The second-order valence-corrected chi connectivity index (χ2v) is 5.94. The highest BCUT2D eigenvalue weighted by molar-refractivity contribution is 6.30. The first-order chi connectivity index (χ1) is 8.81. The maximum absolute atomic E-state index is 6.05. The van der Waals surface area contributed by atoms with E-state index in [0.29, 0.717) is 12.0 Å². The van der Waals surface area contributed by atoms with E-state index in [9.17, 15) is 0 Å². The van der Waals surface area contributed by atoms with Gasteiger partial charge in [0.15, 0.2) is 0 Å². The summed E-state index contributed by atoms with van der Waals surface area (Å²) in [4.78, 5) is 0. The van der Waals surface area contributed by atoms with Gasteiger partial charge in [0.2, 0.25) is 0 Å². The molecule has 2 nitrogen and oxygen atoms in total. The Kier molecular flexibility index (Phi) is 3.88. The van der Waals surface area contributed by atoms with Crippen molar-refractivity contribution in [3.63, 3.8) is 0 Å². The summed E-state index contributed by atoms with van der Waals surface area (Å²) in [6, 6.07) is 9.59. The van der Waals surface area contributed by atoms with Gasteiger partial charge in [-0.05, 0) is 43.4 Å². The molecule has 1 aromatic carbocycles. The first-order valence-corrected chi connectivity index (χ1v) is 7.27. The molecule has 0 unspecified atom stereocenters. The fourth-order valence-electron chi connectivity index (χ4n) is 2.74. The zero-order valence-electron chi connectivity index (χ0n) is 10.6. The third-order valence-corrected chi connectivity index (χ3v) is 4.12. The minimum absolute atomic E-state index is 0.581. The number of halogens is 1. The van der Waals surface area contributed by atoms with E-state index in [0.717, 1.165) is 37.1 Å². The van der Waals surface area contributed by atoms with Gasteiger partial charge in [-0.3, -0.25) is 0 Å². The predicted octanol–water partition coefficient (Wildman–Crippen LogP) is 3.04. The number of rotatable bonds is 4. The summed E-state index contributed by atoms with van der Waals surface area (Å²) < 4.78 is 5.64. The zero-order chi connectivity index (χ0) is 12.4. The van der Waals surface area contributed by atoms with Crippen LogP contribution in [0, 0.1) is 5.92 Å². The van der Waals surface area contributed by atoms with Crippen LogP contribution in [-0.2, 0) is 11.2 Å². The molecule has 2 atom stereocenters. The van der Waals surface area contributed by atoms with Crippen LogP contribution in [0.3, 0.4) is 0 Å². The third-order valence-electron chi connectivity index (χ3n) is 3.89. The second kappa shape index (κ2) is 5.60. The van der Waals surface area contributed by atoms with E-state index in [4.69, 9.17) is 16.3 Å². The molecule has 3 heteroatoms. The Morgan fingerprint density at radius 3 is 2.94 bits per heavy atom. The lowest BCUT2D eigenvalue weighted by molar-refractivity contribution is 0.0316. The van der Waals surface area contributed by atoms with Gasteiger partial charge in [0.05, 0.1) is 6.61 Å². The molecular weight excluding hydrogens is 246 g/mol. The minimum Gasteiger partial charge on any atom is -0.381 e. The highest BCUT2D eigenvalue weighted by Gasteiger charge is 2.31. The number of hydrogen-bond acceptors (Lipinski definition) is 2. The molecular formula is C15H20ClNO. The third kappa shape index (κ3) is 3.25. The zero-order valence-corrected chi connectivity index (χ0v) is 11.3. The first-order valence-electron chi connectivity index (χ1n) is 6.89. The van der Waals surface area contributed by atoms with E-state index in [1.807, 2.05) is 12.1 Å². The standard InChI is InChI=1S/C15H20ClNO/c16-13-3-1-2-11(9-13)8-12-10-18-7-6-15(12)17-14-4-5-14/h1-3,9,12,14-15,17H,4-8,10H2/t12-,15+/m0/s1. The molecule has 1 aliphatic carbocycles. The van der Waals surface area contributed by atoms with Crippen LogP contribution in [0.1, 0.15) is 24.8 Å². The topological polar surface area (TPSA) is 21.3 Å². The van der Waals surface area contributed by atoms with E-state index in [1.54, 1.807) is 0 Å². The summed E-state index contributed by atoms with van der Waals surface area (Å²) in [5.74, 6) is 0.581. The monoisotopic (exact) mass is 265 g/mol. The van der Waals surface area contributed by atoms with E-state index in [-0.39, 0.29) is 0 Å². The van der Waals surface area contributed by atoms with Crippen molar-refractivity contribution in [2.75, 3.05) is 13.2 Å². The molecule has 1 aromatic rings. The van der Waals surface area contributed by atoms with Crippen molar-refractivity contribution in [2.24, 2.45) is 5.92 Å². The number of hydrogen-bond donors (Lipinski definition) is 1.